The fourth-order valence-corrected chi connectivity index (χ4v) is 3.23. The van der Waals surface area contributed by atoms with E-state index in [1.165, 1.54) is 5.56 Å². The molecule has 0 saturated carbocycles. The molecule has 2 aromatic rings. The van der Waals surface area contributed by atoms with E-state index in [9.17, 15) is 4.79 Å². The summed E-state index contributed by atoms with van der Waals surface area (Å²) in [4.78, 5) is 16.6. The van der Waals surface area contributed by atoms with Crippen molar-refractivity contribution in [1.82, 2.24) is 15.0 Å². The molecule has 0 radical (unpaired) electrons. The van der Waals surface area contributed by atoms with Gasteiger partial charge in [-0.25, -0.2) is 0 Å². The number of piperazine rings is 1. The average Bonchev–Trinajstić information content (AvgIpc) is 3.02. The Morgan fingerprint density at radius 3 is 2.58 bits per heavy atom. The Hall–Kier alpha value is -2.34. The third-order valence-corrected chi connectivity index (χ3v) is 4.69. The summed E-state index contributed by atoms with van der Waals surface area (Å²) in [6, 6.07) is 8.05. The summed E-state index contributed by atoms with van der Waals surface area (Å²) in [5.41, 5.74) is 3.22. The van der Waals surface area contributed by atoms with Crippen LogP contribution in [0.25, 0.3) is 0 Å². The van der Waals surface area contributed by atoms with E-state index >= 15 is 0 Å². The van der Waals surface area contributed by atoms with Gasteiger partial charge in [-0.2, -0.15) is 0 Å². The van der Waals surface area contributed by atoms with Crippen LogP contribution in [-0.4, -0.2) is 53.6 Å². The van der Waals surface area contributed by atoms with E-state index in [0.717, 1.165) is 55.5 Å². The second-order valence-corrected chi connectivity index (χ2v) is 6.96. The first-order valence-corrected chi connectivity index (χ1v) is 9.13. The Kier molecular flexibility index (Phi) is 5.93. The summed E-state index contributed by atoms with van der Waals surface area (Å²) < 4.78 is 11.0. The van der Waals surface area contributed by atoms with E-state index in [1.807, 2.05) is 36.9 Å². The zero-order valence-electron chi connectivity index (χ0n) is 15.8. The molecular formula is C20H27N3O3. The average molecular weight is 357 g/mol. The van der Waals surface area contributed by atoms with Crippen molar-refractivity contribution in [2.45, 2.75) is 33.7 Å². The van der Waals surface area contributed by atoms with Crippen molar-refractivity contribution < 1.29 is 14.1 Å². The molecule has 6 nitrogen and oxygen atoms in total. The number of aromatic nitrogens is 1. The van der Waals surface area contributed by atoms with E-state index in [0.29, 0.717) is 13.0 Å². The van der Waals surface area contributed by atoms with Gasteiger partial charge in [0.15, 0.2) is 5.76 Å². The molecule has 0 aliphatic carbocycles. The van der Waals surface area contributed by atoms with Crippen LogP contribution in [0.2, 0.25) is 0 Å². The highest BCUT2D eigenvalue weighted by Crippen LogP contribution is 2.19. The van der Waals surface area contributed by atoms with Gasteiger partial charge in [0.1, 0.15) is 5.75 Å². The minimum Gasteiger partial charge on any atom is -0.493 e. The van der Waals surface area contributed by atoms with E-state index in [4.69, 9.17) is 9.26 Å². The van der Waals surface area contributed by atoms with Gasteiger partial charge in [0.25, 0.3) is 0 Å². The number of carbonyl (C=O) groups excluding carboxylic acids is 1. The number of nitrogens with zero attached hydrogens (tertiary/aromatic N) is 3. The van der Waals surface area contributed by atoms with Crippen LogP contribution in [0.5, 0.6) is 5.75 Å². The van der Waals surface area contributed by atoms with Crippen LogP contribution in [0.15, 0.2) is 28.8 Å². The smallest absolute Gasteiger partial charge is 0.226 e. The van der Waals surface area contributed by atoms with Crippen molar-refractivity contribution in [1.29, 1.82) is 0 Å². The highest BCUT2D eigenvalue weighted by Gasteiger charge is 2.21. The molecule has 1 aliphatic rings. The van der Waals surface area contributed by atoms with Gasteiger partial charge in [0.05, 0.1) is 25.3 Å². The Bertz CT molecular complexity index is 749. The van der Waals surface area contributed by atoms with Crippen molar-refractivity contribution in [2.24, 2.45) is 0 Å². The maximum absolute atomic E-state index is 12.4. The van der Waals surface area contributed by atoms with Gasteiger partial charge >= 0.3 is 0 Å². The molecule has 1 amide bonds. The lowest BCUT2D eigenvalue weighted by Gasteiger charge is -2.34. The van der Waals surface area contributed by atoms with Crippen LogP contribution in [-0.2, 0) is 11.3 Å². The molecule has 2 heterocycles. The molecule has 6 heteroatoms. The summed E-state index contributed by atoms with van der Waals surface area (Å²) in [6.07, 6.45) is 0.411. The maximum Gasteiger partial charge on any atom is 0.226 e. The summed E-state index contributed by atoms with van der Waals surface area (Å²) in [5.74, 6) is 1.89. The van der Waals surface area contributed by atoms with E-state index < -0.39 is 0 Å². The molecule has 140 valence electrons. The second-order valence-electron chi connectivity index (χ2n) is 6.96. The first kappa shape index (κ1) is 18.5. The summed E-state index contributed by atoms with van der Waals surface area (Å²) >= 11 is 0. The van der Waals surface area contributed by atoms with Crippen LogP contribution < -0.4 is 4.74 Å². The van der Waals surface area contributed by atoms with Gasteiger partial charge in [-0.15, -0.1) is 0 Å². The van der Waals surface area contributed by atoms with Crippen molar-refractivity contribution in [2.75, 3.05) is 32.8 Å². The predicted octanol–water partition coefficient (Wildman–Crippen LogP) is 2.71. The summed E-state index contributed by atoms with van der Waals surface area (Å²) in [5, 5.41) is 3.91. The minimum absolute atomic E-state index is 0.157. The first-order chi connectivity index (χ1) is 12.5. The lowest BCUT2D eigenvalue weighted by atomic mass is 10.1. The monoisotopic (exact) mass is 357 g/mol. The van der Waals surface area contributed by atoms with Gasteiger partial charge in [0.2, 0.25) is 5.91 Å². The molecule has 0 spiro atoms. The minimum atomic E-state index is 0.157. The van der Waals surface area contributed by atoms with Crippen molar-refractivity contribution in [3.8, 4) is 5.75 Å². The number of rotatable bonds is 6. The van der Waals surface area contributed by atoms with Gasteiger partial charge in [-0.1, -0.05) is 22.9 Å². The zero-order chi connectivity index (χ0) is 18.5. The molecule has 0 atom stereocenters. The number of amides is 1. The third-order valence-electron chi connectivity index (χ3n) is 4.69. The van der Waals surface area contributed by atoms with E-state index in [-0.39, 0.29) is 5.91 Å². The Labute approximate surface area is 154 Å². The highest BCUT2D eigenvalue weighted by molar-refractivity contribution is 5.76. The van der Waals surface area contributed by atoms with Crippen molar-refractivity contribution >= 4 is 5.91 Å². The SMILES string of the molecule is Cc1ccc(OCCC(=O)N2CCN(Cc3cc(C)no3)CC2)c(C)c1. The van der Waals surface area contributed by atoms with Crippen molar-refractivity contribution in [3.63, 3.8) is 0 Å². The topological polar surface area (TPSA) is 58.8 Å². The lowest BCUT2D eigenvalue weighted by molar-refractivity contribution is -0.133. The molecule has 26 heavy (non-hydrogen) atoms. The molecule has 0 unspecified atom stereocenters. The van der Waals surface area contributed by atoms with Gasteiger partial charge < -0.3 is 14.2 Å². The van der Waals surface area contributed by atoms with Crippen LogP contribution in [0.4, 0.5) is 0 Å². The normalized spacial score (nSPS) is 15.3. The fourth-order valence-electron chi connectivity index (χ4n) is 3.23. The molecule has 1 aromatic heterocycles. The Balaban J connectivity index is 1.39. The largest absolute Gasteiger partial charge is 0.493 e. The predicted molar refractivity (Wildman–Crippen MR) is 99.1 cm³/mol. The third kappa shape index (κ3) is 4.85. The maximum atomic E-state index is 12.4. The highest BCUT2D eigenvalue weighted by atomic mass is 16.5. The quantitative estimate of drug-likeness (QED) is 0.796. The molecule has 1 saturated heterocycles. The van der Waals surface area contributed by atoms with Crippen molar-refractivity contribution in [3.05, 3.63) is 46.8 Å². The zero-order valence-corrected chi connectivity index (χ0v) is 15.8. The number of hydrogen-bond donors (Lipinski definition) is 0. The van der Waals surface area contributed by atoms with Gasteiger partial charge in [-0.05, 0) is 32.4 Å². The summed E-state index contributed by atoms with van der Waals surface area (Å²) in [6.45, 7) is 10.4. The fraction of sp³-hybridized carbons (Fsp3) is 0.500. The molecule has 1 aromatic carbocycles. The van der Waals surface area contributed by atoms with Gasteiger partial charge in [-0.3, -0.25) is 9.69 Å². The molecular weight excluding hydrogens is 330 g/mol. The van der Waals surface area contributed by atoms with Crippen LogP contribution in [0.1, 0.15) is 29.0 Å². The Morgan fingerprint density at radius 2 is 1.92 bits per heavy atom. The number of aryl methyl sites for hydroxylation is 3. The molecule has 3 rings (SSSR count). The standard InChI is InChI=1S/C20H27N3O3/c1-15-4-5-19(16(2)12-15)25-11-6-20(24)23-9-7-22(8-10-23)14-18-13-17(3)21-26-18/h4-5,12-13H,6-11,14H2,1-3H3. The number of ether oxygens (including phenoxy) is 1. The Morgan fingerprint density at radius 1 is 1.15 bits per heavy atom. The van der Waals surface area contributed by atoms with E-state index in [2.05, 4.69) is 23.0 Å². The second kappa shape index (κ2) is 8.36. The summed E-state index contributed by atoms with van der Waals surface area (Å²) in [7, 11) is 0. The van der Waals surface area contributed by atoms with Crippen LogP contribution in [0.3, 0.4) is 0 Å². The molecule has 1 aliphatic heterocycles. The van der Waals surface area contributed by atoms with Crippen LogP contribution >= 0.6 is 0 Å². The molecule has 1 fully saturated rings. The lowest BCUT2D eigenvalue weighted by Crippen LogP contribution is -2.48. The molecule has 0 N–H and O–H groups in total. The molecule has 0 bridgehead atoms. The first-order valence-electron chi connectivity index (χ1n) is 9.13. The number of carbonyl (C=O) groups is 1. The van der Waals surface area contributed by atoms with Gasteiger partial charge in [0, 0.05) is 32.2 Å². The number of benzene rings is 1. The number of hydrogen-bond acceptors (Lipinski definition) is 5. The van der Waals surface area contributed by atoms with Crippen LogP contribution in [0, 0.1) is 20.8 Å². The van der Waals surface area contributed by atoms with E-state index in [1.54, 1.807) is 0 Å².